The average molecular weight is 231 g/mol. The summed E-state index contributed by atoms with van der Waals surface area (Å²) < 4.78 is 0. The number of nitrogens with one attached hydrogen (secondary N) is 2. The van der Waals surface area contributed by atoms with Gasteiger partial charge in [-0.1, -0.05) is 5.92 Å². The fraction of sp³-hybridized carbons (Fsp3) is 0.167. The van der Waals surface area contributed by atoms with E-state index in [-0.39, 0.29) is 0 Å². The van der Waals surface area contributed by atoms with E-state index in [4.69, 9.17) is 6.42 Å². The van der Waals surface area contributed by atoms with Gasteiger partial charge in [-0.25, -0.2) is 14.5 Å². The van der Waals surface area contributed by atoms with Crippen molar-refractivity contribution in [2.24, 2.45) is 0 Å². The molecule has 0 saturated carbocycles. The number of amides is 4. The van der Waals surface area contributed by atoms with E-state index >= 15 is 0 Å². The summed E-state index contributed by atoms with van der Waals surface area (Å²) in [4.78, 5) is 23.7. The number of rotatable bonds is 1. The average Bonchev–Trinajstić information content (AvgIpc) is 2.37. The van der Waals surface area contributed by atoms with E-state index in [1.807, 2.05) is 0 Å². The molecular weight excluding hydrogens is 218 g/mol. The van der Waals surface area contributed by atoms with Crippen LogP contribution in [0.4, 0.5) is 15.3 Å². The standard InChI is InChI=1S/C12H13N3O2/c1-4-9-5-7-10(8-6-9)14-12(17)15(3)11(16)13-2/h1,5-8H,2-3H3,(H,13,16)(H,14,17). The Labute approximate surface area is 99.8 Å². The van der Waals surface area contributed by atoms with Gasteiger partial charge in [0.2, 0.25) is 0 Å². The first-order chi connectivity index (χ1) is 8.08. The van der Waals surface area contributed by atoms with E-state index in [2.05, 4.69) is 16.6 Å². The summed E-state index contributed by atoms with van der Waals surface area (Å²) in [6.45, 7) is 0. The van der Waals surface area contributed by atoms with Crippen LogP contribution in [0.3, 0.4) is 0 Å². The van der Waals surface area contributed by atoms with Gasteiger partial charge in [-0.05, 0) is 24.3 Å². The number of nitrogens with zero attached hydrogens (tertiary/aromatic N) is 1. The van der Waals surface area contributed by atoms with E-state index in [1.54, 1.807) is 24.3 Å². The molecule has 0 heterocycles. The van der Waals surface area contributed by atoms with Gasteiger partial charge in [0.15, 0.2) is 0 Å². The fourth-order valence-electron chi connectivity index (χ4n) is 1.12. The molecule has 0 aliphatic rings. The SMILES string of the molecule is C#Cc1ccc(NC(=O)N(C)C(=O)NC)cc1. The van der Waals surface area contributed by atoms with Gasteiger partial charge in [0, 0.05) is 25.3 Å². The normalized spacial score (nSPS) is 9.00. The van der Waals surface area contributed by atoms with Crippen molar-refractivity contribution in [1.29, 1.82) is 0 Å². The molecule has 0 radical (unpaired) electrons. The second-order valence-electron chi connectivity index (χ2n) is 3.27. The Balaban J connectivity index is 2.68. The van der Waals surface area contributed by atoms with Crippen molar-refractivity contribution in [1.82, 2.24) is 10.2 Å². The van der Waals surface area contributed by atoms with Crippen LogP contribution in [0.2, 0.25) is 0 Å². The third-order valence-electron chi connectivity index (χ3n) is 2.13. The summed E-state index contributed by atoms with van der Waals surface area (Å²) in [6, 6.07) is 5.75. The summed E-state index contributed by atoms with van der Waals surface area (Å²) in [5, 5.41) is 4.92. The first kappa shape index (κ1) is 12.6. The number of hydrogen-bond donors (Lipinski definition) is 2. The van der Waals surface area contributed by atoms with Crippen LogP contribution in [-0.4, -0.2) is 31.1 Å². The molecule has 0 unspecified atom stereocenters. The maximum Gasteiger partial charge on any atom is 0.329 e. The van der Waals surface area contributed by atoms with Gasteiger partial charge < -0.3 is 10.6 Å². The lowest BCUT2D eigenvalue weighted by Gasteiger charge is -2.15. The molecule has 1 rings (SSSR count). The maximum absolute atomic E-state index is 11.6. The number of imide groups is 1. The molecule has 0 aromatic heterocycles. The van der Waals surface area contributed by atoms with Crippen LogP contribution in [-0.2, 0) is 0 Å². The van der Waals surface area contributed by atoms with Gasteiger partial charge in [-0.3, -0.25) is 0 Å². The lowest BCUT2D eigenvalue weighted by Crippen LogP contribution is -2.41. The molecule has 0 bridgehead atoms. The van der Waals surface area contributed by atoms with Crippen molar-refractivity contribution in [2.45, 2.75) is 0 Å². The highest BCUT2D eigenvalue weighted by Crippen LogP contribution is 2.09. The molecule has 0 aliphatic heterocycles. The topological polar surface area (TPSA) is 61.4 Å². The first-order valence-electron chi connectivity index (χ1n) is 4.91. The number of terminal acetylenes is 1. The Hall–Kier alpha value is -2.48. The van der Waals surface area contributed by atoms with Gasteiger partial charge in [-0.15, -0.1) is 6.42 Å². The molecule has 1 aromatic carbocycles. The Morgan fingerprint density at radius 1 is 1.24 bits per heavy atom. The van der Waals surface area contributed by atoms with Crippen LogP contribution in [0.1, 0.15) is 5.56 Å². The quantitative estimate of drug-likeness (QED) is 0.719. The molecule has 2 N–H and O–H groups in total. The van der Waals surface area contributed by atoms with Crippen molar-refractivity contribution in [3.05, 3.63) is 29.8 Å². The Morgan fingerprint density at radius 3 is 2.29 bits per heavy atom. The molecule has 0 saturated heterocycles. The van der Waals surface area contributed by atoms with E-state index < -0.39 is 12.1 Å². The van der Waals surface area contributed by atoms with Gasteiger partial charge in [0.05, 0.1) is 0 Å². The smallest absolute Gasteiger partial charge is 0.329 e. The lowest BCUT2D eigenvalue weighted by molar-refractivity contribution is 0.203. The Morgan fingerprint density at radius 2 is 1.82 bits per heavy atom. The minimum absolute atomic E-state index is 0.484. The second-order valence-corrected chi connectivity index (χ2v) is 3.27. The summed E-state index contributed by atoms with van der Waals surface area (Å²) >= 11 is 0. The zero-order chi connectivity index (χ0) is 12.8. The number of urea groups is 2. The Kier molecular flexibility index (Phi) is 4.12. The van der Waals surface area contributed by atoms with Crippen molar-refractivity contribution >= 4 is 17.7 Å². The molecule has 0 aliphatic carbocycles. The van der Waals surface area contributed by atoms with Crippen LogP contribution >= 0.6 is 0 Å². The molecular formula is C12H13N3O2. The molecule has 0 fully saturated rings. The molecule has 17 heavy (non-hydrogen) atoms. The largest absolute Gasteiger partial charge is 0.341 e. The fourth-order valence-corrected chi connectivity index (χ4v) is 1.12. The van der Waals surface area contributed by atoms with E-state index in [0.29, 0.717) is 5.69 Å². The zero-order valence-corrected chi connectivity index (χ0v) is 9.65. The highest BCUT2D eigenvalue weighted by atomic mass is 16.2. The van der Waals surface area contributed by atoms with Gasteiger partial charge in [-0.2, -0.15) is 0 Å². The van der Waals surface area contributed by atoms with Crippen molar-refractivity contribution in [3.63, 3.8) is 0 Å². The number of hydrogen-bond acceptors (Lipinski definition) is 2. The van der Waals surface area contributed by atoms with Crippen LogP contribution in [0.25, 0.3) is 0 Å². The minimum atomic E-state index is -0.516. The highest BCUT2D eigenvalue weighted by molar-refractivity contribution is 6.00. The van der Waals surface area contributed by atoms with E-state index in [1.165, 1.54) is 14.1 Å². The number of benzene rings is 1. The van der Waals surface area contributed by atoms with Gasteiger partial charge in [0.1, 0.15) is 0 Å². The monoisotopic (exact) mass is 231 g/mol. The molecule has 4 amide bonds. The van der Waals surface area contributed by atoms with Crippen LogP contribution in [0, 0.1) is 12.3 Å². The van der Waals surface area contributed by atoms with Gasteiger partial charge >= 0.3 is 12.1 Å². The van der Waals surface area contributed by atoms with Crippen molar-refractivity contribution in [2.75, 3.05) is 19.4 Å². The highest BCUT2D eigenvalue weighted by Gasteiger charge is 2.14. The minimum Gasteiger partial charge on any atom is -0.341 e. The third kappa shape index (κ3) is 3.24. The third-order valence-corrected chi connectivity index (χ3v) is 2.13. The summed E-state index contributed by atoms with van der Waals surface area (Å²) in [5.41, 5.74) is 1.30. The molecule has 0 atom stereocenters. The van der Waals surface area contributed by atoms with Crippen LogP contribution < -0.4 is 10.6 Å². The molecule has 1 aromatic rings. The maximum atomic E-state index is 11.6. The van der Waals surface area contributed by atoms with E-state index in [0.717, 1.165) is 10.5 Å². The summed E-state index contributed by atoms with van der Waals surface area (Å²) in [7, 11) is 2.83. The summed E-state index contributed by atoms with van der Waals surface area (Å²) in [5.74, 6) is 2.47. The van der Waals surface area contributed by atoms with Crippen molar-refractivity contribution < 1.29 is 9.59 Å². The summed E-state index contributed by atoms with van der Waals surface area (Å²) in [6.07, 6.45) is 5.21. The van der Waals surface area contributed by atoms with Crippen LogP contribution in [0.5, 0.6) is 0 Å². The molecule has 5 heteroatoms. The predicted octanol–water partition coefficient (Wildman–Crippen LogP) is 1.47. The van der Waals surface area contributed by atoms with Gasteiger partial charge in [0.25, 0.3) is 0 Å². The molecule has 5 nitrogen and oxygen atoms in total. The second kappa shape index (κ2) is 5.56. The number of carbonyl (C=O) groups is 2. The first-order valence-corrected chi connectivity index (χ1v) is 4.91. The van der Waals surface area contributed by atoms with Crippen LogP contribution in [0.15, 0.2) is 24.3 Å². The molecule has 88 valence electrons. The molecule has 0 spiro atoms. The zero-order valence-electron chi connectivity index (χ0n) is 9.65. The number of carbonyl (C=O) groups excluding carboxylic acids is 2. The lowest BCUT2D eigenvalue weighted by atomic mass is 10.2. The number of anilines is 1. The van der Waals surface area contributed by atoms with E-state index in [9.17, 15) is 9.59 Å². The Bertz CT molecular complexity index is 460. The predicted molar refractivity (Wildman–Crippen MR) is 65.6 cm³/mol. The van der Waals surface area contributed by atoms with Crippen molar-refractivity contribution in [3.8, 4) is 12.3 Å².